The van der Waals surface area contributed by atoms with Crippen LogP contribution in [0.4, 0.5) is 0 Å². The van der Waals surface area contributed by atoms with Crippen LogP contribution in [0.25, 0.3) is 0 Å². The highest BCUT2D eigenvalue weighted by atomic mass is 79.9. The first-order valence-corrected chi connectivity index (χ1v) is 8.48. The summed E-state index contributed by atoms with van der Waals surface area (Å²) < 4.78 is 3.96. The molecule has 1 atom stereocenters. The lowest BCUT2D eigenvalue weighted by atomic mass is 9.96. The average molecular weight is 460 g/mol. The number of ether oxygens (including phenoxy) is 1. The molecule has 11 heteroatoms. The number of esters is 1. The van der Waals surface area contributed by atoms with Gasteiger partial charge >= 0.3 is 5.97 Å². The van der Waals surface area contributed by atoms with Gasteiger partial charge in [-0.3, -0.25) is 19.7 Å². The van der Waals surface area contributed by atoms with E-state index in [4.69, 9.17) is 39.5 Å². The van der Waals surface area contributed by atoms with Gasteiger partial charge < -0.3 is 9.30 Å². The fraction of sp³-hybridized carbons (Fsp3) is 0.385. The van der Waals surface area contributed by atoms with Crippen molar-refractivity contribution in [1.29, 1.82) is 0 Å². The molecule has 1 aromatic rings. The number of amides is 2. The molecule has 0 saturated carbocycles. The Morgan fingerprint density at radius 3 is 2.50 bits per heavy atom. The van der Waals surface area contributed by atoms with Gasteiger partial charge in [0.05, 0.1) is 18.7 Å². The Morgan fingerprint density at radius 2 is 2.04 bits per heavy atom. The van der Waals surface area contributed by atoms with Gasteiger partial charge in [-0.25, -0.2) is 4.79 Å². The lowest BCUT2D eigenvalue weighted by molar-refractivity contribution is -0.157. The van der Waals surface area contributed by atoms with Crippen molar-refractivity contribution in [2.75, 3.05) is 6.61 Å². The van der Waals surface area contributed by atoms with Crippen molar-refractivity contribution >= 4 is 74.3 Å². The minimum atomic E-state index is -2.31. The maximum Gasteiger partial charge on any atom is 0.342 e. The molecule has 0 radical (unpaired) electrons. The number of Topliss-reactive ketones (excluding diaryl/α,β-unsaturated/α-hetero) is 1. The highest BCUT2D eigenvalue weighted by molar-refractivity contribution is 9.10. The first-order valence-electron chi connectivity index (χ1n) is 6.55. The van der Waals surface area contributed by atoms with Gasteiger partial charge in [0.2, 0.25) is 17.2 Å². The van der Waals surface area contributed by atoms with Gasteiger partial charge in [-0.15, -0.1) is 0 Å². The minimum Gasteiger partial charge on any atom is -0.464 e. The van der Waals surface area contributed by atoms with Crippen LogP contribution in [0.2, 0.25) is 0 Å². The van der Waals surface area contributed by atoms with E-state index in [-0.39, 0.29) is 12.3 Å². The molecule has 2 amide bonds. The van der Waals surface area contributed by atoms with Crippen molar-refractivity contribution in [2.45, 2.75) is 22.7 Å². The molecule has 2 rings (SSSR count). The Hall–Kier alpha value is -1.09. The molecule has 1 fully saturated rings. The lowest BCUT2D eigenvalue weighted by Gasteiger charge is -2.27. The van der Waals surface area contributed by atoms with Crippen molar-refractivity contribution in [3.63, 3.8) is 0 Å². The van der Waals surface area contributed by atoms with E-state index in [0.717, 1.165) is 4.57 Å². The van der Waals surface area contributed by atoms with Gasteiger partial charge in [0.1, 0.15) is 0 Å². The van der Waals surface area contributed by atoms with E-state index in [2.05, 4.69) is 15.9 Å². The number of halogens is 4. The molecule has 24 heavy (non-hydrogen) atoms. The van der Waals surface area contributed by atoms with Gasteiger partial charge in [0.15, 0.2) is 0 Å². The summed E-state index contributed by atoms with van der Waals surface area (Å²) in [5.74, 6) is -3.57. The standard InChI is InChI=1S/C13H10BrCl3N2O5/c1-2-24-11(23)12(4-8(20)18-10(12)22)19-5-6(14)3-7(19)9(21)13(15,16)17/h3,5H,2,4H2,1H3,(H,18,20,22). The number of carbonyl (C=O) groups excluding carboxylic acids is 4. The lowest BCUT2D eigenvalue weighted by Crippen LogP contribution is -2.50. The summed E-state index contributed by atoms with van der Waals surface area (Å²) in [6.45, 7) is 1.51. The van der Waals surface area contributed by atoms with Crippen molar-refractivity contribution in [1.82, 2.24) is 9.88 Å². The molecule has 0 bridgehead atoms. The quantitative estimate of drug-likeness (QED) is 0.244. The number of rotatable bonds is 4. The molecule has 0 spiro atoms. The molecule has 1 aromatic heterocycles. The van der Waals surface area contributed by atoms with Crippen LogP contribution in [0.1, 0.15) is 23.8 Å². The molecule has 1 N–H and O–H groups in total. The van der Waals surface area contributed by atoms with E-state index in [0.29, 0.717) is 4.47 Å². The fourth-order valence-corrected chi connectivity index (χ4v) is 3.07. The molecule has 130 valence electrons. The Kier molecular flexibility index (Phi) is 5.34. The van der Waals surface area contributed by atoms with E-state index in [1.807, 2.05) is 5.32 Å². The second kappa shape index (κ2) is 6.67. The van der Waals surface area contributed by atoms with Gasteiger partial charge in [0.25, 0.3) is 9.70 Å². The summed E-state index contributed by atoms with van der Waals surface area (Å²) >= 11 is 20.0. The summed E-state index contributed by atoms with van der Waals surface area (Å²) in [6, 6.07) is 1.28. The molecule has 7 nitrogen and oxygen atoms in total. The largest absolute Gasteiger partial charge is 0.464 e. The van der Waals surface area contributed by atoms with Crippen LogP contribution in [0.15, 0.2) is 16.7 Å². The minimum absolute atomic E-state index is 0.0295. The monoisotopic (exact) mass is 458 g/mol. The normalized spacial score (nSPS) is 20.9. The third-order valence-corrected chi connectivity index (χ3v) is 4.29. The second-order valence-electron chi connectivity index (χ2n) is 4.88. The average Bonchev–Trinajstić information content (AvgIpc) is 2.98. The molecule has 1 saturated heterocycles. The number of aromatic nitrogens is 1. The molecule has 0 aliphatic carbocycles. The molecule has 0 aromatic carbocycles. The van der Waals surface area contributed by atoms with Crippen molar-refractivity contribution in [2.24, 2.45) is 0 Å². The number of carbonyl (C=O) groups is 4. The molecule has 1 aliphatic rings. The number of hydrogen-bond donors (Lipinski definition) is 1. The van der Waals surface area contributed by atoms with Crippen LogP contribution >= 0.6 is 50.7 Å². The molecule has 2 heterocycles. The fourth-order valence-electron chi connectivity index (χ4n) is 2.36. The Morgan fingerprint density at radius 1 is 1.42 bits per heavy atom. The van der Waals surface area contributed by atoms with Gasteiger partial charge in [-0.05, 0) is 28.9 Å². The topological polar surface area (TPSA) is 94.5 Å². The summed E-state index contributed by atoms with van der Waals surface area (Å²) in [6.07, 6.45) is 0.741. The first kappa shape index (κ1) is 19.2. The molecular formula is C13H10BrCl3N2O5. The van der Waals surface area contributed by atoms with Crippen LogP contribution in [-0.2, 0) is 24.7 Å². The van der Waals surface area contributed by atoms with Crippen molar-refractivity contribution < 1.29 is 23.9 Å². The zero-order chi connectivity index (χ0) is 18.3. The number of imide groups is 1. The summed E-state index contributed by atoms with van der Waals surface area (Å²) in [5.41, 5.74) is -2.32. The number of nitrogens with zero attached hydrogens (tertiary/aromatic N) is 1. The van der Waals surface area contributed by atoms with E-state index in [1.165, 1.54) is 12.3 Å². The second-order valence-corrected chi connectivity index (χ2v) is 8.07. The van der Waals surface area contributed by atoms with Crippen LogP contribution < -0.4 is 5.32 Å². The van der Waals surface area contributed by atoms with Crippen molar-refractivity contribution in [3.8, 4) is 0 Å². The predicted molar refractivity (Wildman–Crippen MR) is 89.1 cm³/mol. The van der Waals surface area contributed by atoms with Crippen LogP contribution in [0.3, 0.4) is 0 Å². The zero-order valence-electron chi connectivity index (χ0n) is 12.1. The number of hydrogen-bond acceptors (Lipinski definition) is 5. The smallest absolute Gasteiger partial charge is 0.342 e. The third kappa shape index (κ3) is 3.20. The summed E-state index contributed by atoms with van der Waals surface area (Å²) in [4.78, 5) is 48.9. The van der Waals surface area contributed by atoms with Crippen molar-refractivity contribution in [3.05, 3.63) is 22.4 Å². The van der Waals surface area contributed by atoms with E-state index in [1.54, 1.807) is 6.92 Å². The third-order valence-electron chi connectivity index (χ3n) is 3.35. The summed E-state index contributed by atoms with van der Waals surface area (Å²) in [5, 5.41) is 2.03. The van der Waals surface area contributed by atoms with Gasteiger partial charge in [-0.1, -0.05) is 34.8 Å². The van der Waals surface area contributed by atoms with Gasteiger partial charge in [0, 0.05) is 10.7 Å². The predicted octanol–water partition coefficient (Wildman–Crippen LogP) is 2.11. The Bertz CT molecular complexity index is 742. The highest BCUT2D eigenvalue weighted by Gasteiger charge is 2.57. The first-order chi connectivity index (χ1) is 11.0. The Labute approximate surface area is 159 Å². The van der Waals surface area contributed by atoms with Crippen LogP contribution in [-0.4, -0.2) is 38.5 Å². The van der Waals surface area contributed by atoms with E-state index in [9.17, 15) is 19.2 Å². The molecule has 1 aliphatic heterocycles. The zero-order valence-corrected chi connectivity index (χ0v) is 15.9. The summed E-state index contributed by atoms with van der Waals surface area (Å²) in [7, 11) is 0. The van der Waals surface area contributed by atoms with E-state index >= 15 is 0 Å². The maximum absolute atomic E-state index is 12.5. The number of alkyl halides is 3. The molecule has 1 unspecified atom stereocenters. The van der Waals surface area contributed by atoms with E-state index < -0.39 is 39.3 Å². The highest BCUT2D eigenvalue weighted by Crippen LogP contribution is 2.37. The SMILES string of the molecule is CCOC(=O)C1(n2cc(Br)cc2C(=O)C(Cl)(Cl)Cl)CC(=O)NC1=O. The molecular weight excluding hydrogens is 450 g/mol. The van der Waals surface area contributed by atoms with Gasteiger partial charge in [-0.2, -0.15) is 0 Å². The van der Waals surface area contributed by atoms with Crippen LogP contribution in [0, 0.1) is 0 Å². The van der Waals surface area contributed by atoms with Crippen LogP contribution in [0.5, 0.6) is 0 Å². The Balaban J connectivity index is 2.69. The maximum atomic E-state index is 12.5. The number of ketones is 1. The number of nitrogens with one attached hydrogen (secondary N) is 1.